The molecular formula is C52H37N3. The quantitative estimate of drug-likeness (QED) is 0.176. The summed E-state index contributed by atoms with van der Waals surface area (Å²) in [5, 5.41) is 3.52. The van der Waals surface area contributed by atoms with Gasteiger partial charge >= 0.3 is 0 Å². The Bertz CT molecular complexity index is 2640. The Morgan fingerprint density at radius 1 is 0.345 bits per heavy atom. The molecule has 10 rings (SSSR count). The van der Waals surface area contributed by atoms with Gasteiger partial charge in [0.15, 0.2) is 6.17 Å². The minimum atomic E-state index is -0.389. The average molecular weight is 704 g/mol. The molecule has 1 N–H and O–H groups in total. The highest BCUT2D eigenvalue weighted by atomic mass is 15.2. The predicted octanol–water partition coefficient (Wildman–Crippen LogP) is 11.9. The Morgan fingerprint density at radius 3 is 1.35 bits per heavy atom. The monoisotopic (exact) mass is 703 g/mol. The summed E-state index contributed by atoms with van der Waals surface area (Å²) in [6.45, 7) is 0. The second-order valence-electron chi connectivity index (χ2n) is 14.2. The van der Waals surface area contributed by atoms with Gasteiger partial charge in [0, 0.05) is 11.1 Å². The molecule has 2 aliphatic rings. The van der Waals surface area contributed by atoms with Crippen molar-refractivity contribution in [1.29, 1.82) is 0 Å². The summed E-state index contributed by atoms with van der Waals surface area (Å²) in [6.07, 6.45) is -0.319. The minimum absolute atomic E-state index is 0.319. The van der Waals surface area contributed by atoms with Crippen LogP contribution in [0, 0.1) is 0 Å². The van der Waals surface area contributed by atoms with Crippen molar-refractivity contribution in [2.45, 2.75) is 11.6 Å². The van der Waals surface area contributed by atoms with Crippen LogP contribution in [-0.4, -0.2) is 11.7 Å². The highest BCUT2D eigenvalue weighted by molar-refractivity contribution is 6.16. The largest absolute Gasteiger partial charge is 0.324 e. The molecule has 1 aliphatic carbocycles. The summed E-state index contributed by atoms with van der Waals surface area (Å²) in [7, 11) is 0. The first-order chi connectivity index (χ1) is 27.3. The van der Waals surface area contributed by atoms with E-state index in [1.165, 1.54) is 50.1 Å². The molecule has 0 saturated carbocycles. The first-order valence-corrected chi connectivity index (χ1v) is 18.9. The number of rotatable bonds is 7. The van der Waals surface area contributed by atoms with E-state index in [-0.39, 0.29) is 11.6 Å². The van der Waals surface area contributed by atoms with E-state index in [0.29, 0.717) is 0 Å². The Balaban J connectivity index is 0.963. The highest BCUT2D eigenvalue weighted by Gasteiger charge is 2.45. The lowest BCUT2D eigenvalue weighted by Gasteiger charge is -2.33. The van der Waals surface area contributed by atoms with E-state index in [2.05, 4.69) is 181 Å². The molecule has 0 amide bonds. The van der Waals surface area contributed by atoms with Crippen LogP contribution < -0.4 is 5.32 Å². The minimum Gasteiger partial charge on any atom is -0.324 e. The topological polar surface area (TPSA) is 36.8 Å². The van der Waals surface area contributed by atoms with Gasteiger partial charge in [-0.15, -0.1) is 0 Å². The number of benzene rings is 8. The maximum absolute atomic E-state index is 5.05. The van der Waals surface area contributed by atoms with Gasteiger partial charge in [-0.3, -0.25) is 0 Å². The standard InChI is InChI=1S/C52H37N3/c1-5-15-39(16-6-1)49-53-50(40-17-7-2-8-18-40)55-51(54-49)41-31-29-37(30-32-41)36-25-27-38(28-26-36)42-33-34-48-46(35-42)45-23-13-14-24-47(45)52(48,43-19-9-3-10-20-43)44-21-11-4-12-22-44/h1-35,49H,(H,53,54,55). The molecule has 1 unspecified atom stereocenters. The first-order valence-electron chi connectivity index (χ1n) is 18.9. The summed E-state index contributed by atoms with van der Waals surface area (Å²) in [4.78, 5) is 10.0. The molecule has 3 nitrogen and oxygen atoms in total. The summed E-state index contributed by atoms with van der Waals surface area (Å²) in [6, 6.07) is 76.0. The third kappa shape index (κ3) is 5.69. The molecule has 55 heavy (non-hydrogen) atoms. The molecule has 260 valence electrons. The van der Waals surface area contributed by atoms with Crippen LogP contribution in [0.5, 0.6) is 0 Å². The zero-order valence-electron chi connectivity index (χ0n) is 30.2. The van der Waals surface area contributed by atoms with Crippen LogP contribution >= 0.6 is 0 Å². The fraction of sp³-hybridized carbons (Fsp3) is 0.0385. The molecular weight excluding hydrogens is 667 g/mol. The molecule has 0 aromatic heterocycles. The number of hydrogen-bond acceptors (Lipinski definition) is 3. The van der Waals surface area contributed by atoms with Gasteiger partial charge in [0.25, 0.3) is 0 Å². The predicted molar refractivity (Wildman–Crippen MR) is 226 cm³/mol. The van der Waals surface area contributed by atoms with Crippen molar-refractivity contribution in [1.82, 2.24) is 5.32 Å². The van der Waals surface area contributed by atoms with Crippen LogP contribution in [0.2, 0.25) is 0 Å². The van der Waals surface area contributed by atoms with Crippen molar-refractivity contribution in [3.63, 3.8) is 0 Å². The SMILES string of the molecule is c1ccc(C2=NC(c3ccccc3)N=C(c3ccc(-c4ccc(-c5ccc6c(c5)-c5ccccc5C6(c5ccccc5)c5ccccc5)cc4)cc3)N2)cc1. The molecule has 0 spiro atoms. The van der Waals surface area contributed by atoms with E-state index >= 15 is 0 Å². The van der Waals surface area contributed by atoms with Crippen molar-refractivity contribution in [2.24, 2.45) is 9.98 Å². The number of fused-ring (bicyclic) bond motifs is 3. The number of hydrogen-bond donors (Lipinski definition) is 1. The Labute approximate surface area is 322 Å². The van der Waals surface area contributed by atoms with Crippen molar-refractivity contribution < 1.29 is 0 Å². The average Bonchev–Trinajstić information content (AvgIpc) is 3.58. The normalized spacial score (nSPS) is 15.2. The summed E-state index contributed by atoms with van der Waals surface area (Å²) >= 11 is 0. The zero-order chi connectivity index (χ0) is 36.6. The second kappa shape index (κ2) is 13.7. The van der Waals surface area contributed by atoms with E-state index in [9.17, 15) is 0 Å². The molecule has 1 heterocycles. The van der Waals surface area contributed by atoms with Gasteiger partial charge in [0.05, 0.1) is 5.41 Å². The van der Waals surface area contributed by atoms with E-state index < -0.39 is 0 Å². The van der Waals surface area contributed by atoms with E-state index in [1.54, 1.807) is 0 Å². The van der Waals surface area contributed by atoms with Crippen LogP contribution in [0.3, 0.4) is 0 Å². The Hall–Kier alpha value is -7.10. The molecule has 8 aromatic rings. The molecule has 0 bridgehead atoms. The number of amidine groups is 2. The lowest BCUT2D eigenvalue weighted by Crippen LogP contribution is -2.36. The van der Waals surface area contributed by atoms with Gasteiger partial charge in [0.2, 0.25) is 0 Å². The molecule has 0 radical (unpaired) electrons. The summed E-state index contributed by atoms with van der Waals surface area (Å²) < 4.78 is 0. The molecule has 3 heteroatoms. The van der Waals surface area contributed by atoms with Gasteiger partial charge in [0.1, 0.15) is 11.7 Å². The third-order valence-electron chi connectivity index (χ3n) is 11.1. The van der Waals surface area contributed by atoms with E-state index in [1.807, 2.05) is 36.4 Å². The van der Waals surface area contributed by atoms with Gasteiger partial charge in [-0.05, 0) is 67.3 Å². The summed E-state index contributed by atoms with van der Waals surface area (Å²) in [5.41, 5.74) is 15.2. The van der Waals surface area contributed by atoms with Crippen LogP contribution in [0.4, 0.5) is 0 Å². The van der Waals surface area contributed by atoms with Crippen LogP contribution in [-0.2, 0) is 5.41 Å². The van der Waals surface area contributed by atoms with Crippen molar-refractivity contribution in [3.8, 4) is 33.4 Å². The molecule has 0 fully saturated rings. The molecule has 1 aliphatic heterocycles. The van der Waals surface area contributed by atoms with Gasteiger partial charge < -0.3 is 5.32 Å². The van der Waals surface area contributed by atoms with Crippen LogP contribution in [0.25, 0.3) is 33.4 Å². The fourth-order valence-corrected chi connectivity index (χ4v) is 8.42. The summed E-state index contributed by atoms with van der Waals surface area (Å²) in [5.74, 6) is 1.63. The molecule has 8 aromatic carbocycles. The van der Waals surface area contributed by atoms with Crippen molar-refractivity contribution in [2.75, 3.05) is 0 Å². The van der Waals surface area contributed by atoms with E-state index in [0.717, 1.165) is 33.9 Å². The Morgan fingerprint density at radius 2 is 0.764 bits per heavy atom. The fourth-order valence-electron chi connectivity index (χ4n) is 8.42. The van der Waals surface area contributed by atoms with Crippen molar-refractivity contribution in [3.05, 3.63) is 251 Å². The van der Waals surface area contributed by atoms with Gasteiger partial charge in [-0.2, -0.15) is 0 Å². The second-order valence-corrected chi connectivity index (χ2v) is 14.2. The molecule has 1 atom stereocenters. The third-order valence-corrected chi connectivity index (χ3v) is 11.1. The highest BCUT2D eigenvalue weighted by Crippen LogP contribution is 2.56. The molecule has 0 saturated heterocycles. The zero-order valence-corrected chi connectivity index (χ0v) is 30.2. The van der Waals surface area contributed by atoms with E-state index in [4.69, 9.17) is 9.98 Å². The van der Waals surface area contributed by atoms with Crippen LogP contribution in [0.15, 0.2) is 222 Å². The number of aliphatic imine (C=N–C) groups is 2. The number of nitrogens with zero attached hydrogens (tertiary/aromatic N) is 2. The maximum Gasteiger partial charge on any atom is 0.169 e. The van der Waals surface area contributed by atoms with Crippen LogP contribution in [0.1, 0.15) is 45.1 Å². The van der Waals surface area contributed by atoms with Crippen molar-refractivity contribution >= 4 is 11.7 Å². The smallest absolute Gasteiger partial charge is 0.169 e. The lowest BCUT2D eigenvalue weighted by atomic mass is 9.67. The maximum atomic E-state index is 5.05. The first kappa shape index (κ1) is 32.5. The van der Waals surface area contributed by atoms with Gasteiger partial charge in [-0.25, -0.2) is 9.98 Å². The Kier molecular flexibility index (Phi) is 8.11. The number of nitrogens with one attached hydrogen (secondary N) is 1. The lowest BCUT2D eigenvalue weighted by molar-refractivity contribution is 0.756. The van der Waals surface area contributed by atoms with Gasteiger partial charge in [-0.1, -0.05) is 206 Å².